The maximum Gasteiger partial charge on any atom is 0.253 e. The Hall–Kier alpha value is -1.42. The molecule has 1 aliphatic heterocycles. The van der Waals surface area contributed by atoms with E-state index in [2.05, 4.69) is 4.98 Å². The van der Waals surface area contributed by atoms with Gasteiger partial charge in [0.15, 0.2) is 0 Å². The number of aromatic nitrogens is 1. The average Bonchev–Trinajstić information content (AvgIpc) is 2.39. The summed E-state index contributed by atoms with van der Waals surface area (Å²) in [5.74, 6) is 0.692. The zero-order valence-electron chi connectivity index (χ0n) is 10.9. The topological polar surface area (TPSA) is 59.2 Å². The van der Waals surface area contributed by atoms with Gasteiger partial charge < -0.3 is 10.6 Å². The molecular weight excluding hydrogens is 226 g/mol. The summed E-state index contributed by atoms with van der Waals surface area (Å²) in [5.41, 5.74) is 7.23. The van der Waals surface area contributed by atoms with Gasteiger partial charge in [-0.15, -0.1) is 0 Å². The van der Waals surface area contributed by atoms with Crippen LogP contribution >= 0.6 is 0 Å². The number of hydrogen-bond donors (Lipinski definition) is 1. The van der Waals surface area contributed by atoms with Crippen molar-refractivity contribution in [2.45, 2.75) is 26.2 Å². The van der Waals surface area contributed by atoms with Crippen molar-refractivity contribution in [1.29, 1.82) is 0 Å². The molecule has 2 heterocycles. The number of pyridine rings is 1. The highest BCUT2D eigenvalue weighted by molar-refractivity contribution is 5.94. The molecule has 1 aromatic heterocycles. The highest BCUT2D eigenvalue weighted by atomic mass is 16.2. The van der Waals surface area contributed by atoms with E-state index in [0.29, 0.717) is 12.5 Å². The van der Waals surface area contributed by atoms with Gasteiger partial charge in [0.1, 0.15) is 0 Å². The molecule has 4 nitrogen and oxygen atoms in total. The van der Waals surface area contributed by atoms with Crippen LogP contribution in [-0.2, 0) is 0 Å². The molecule has 0 radical (unpaired) electrons. The van der Waals surface area contributed by atoms with Crippen molar-refractivity contribution in [3.8, 4) is 0 Å². The molecule has 1 unspecified atom stereocenters. The molecule has 1 fully saturated rings. The first-order valence-corrected chi connectivity index (χ1v) is 6.62. The average molecular weight is 247 g/mol. The van der Waals surface area contributed by atoms with E-state index in [-0.39, 0.29) is 5.91 Å². The van der Waals surface area contributed by atoms with Crippen molar-refractivity contribution in [2.75, 3.05) is 19.6 Å². The normalized spacial score (nSPS) is 19.9. The number of piperidine rings is 1. The number of carbonyl (C=O) groups is 1. The summed E-state index contributed by atoms with van der Waals surface area (Å²) < 4.78 is 0. The largest absolute Gasteiger partial charge is 0.338 e. The summed E-state index contributed by atoms with van der Waals surface area (Å²) in [7, 11) is 0. The van der Waals surface area contributed by atoms with Gasteiger partial charge in [0, 0.05) is 30.5 Å². The molecule has 18 heavy (non-hydrogen) atoms. The van der Waals surface area contributed by atoms with Crippen LogP contribution in [0.4, 0.5) is 0 Å². The van der Waals surface area contributed by atoms with E-state index in [9.17, 15) is 4.79 Å². The van der Waals surface area contributed by atoms with Crippen molar-refractivity contribution in [1.82, 2.24) is 9.88 Å². The monoisotopic (exact) mass is 247 g/mol. The Balaban J connectivity index is 2.04. The predicted molar refractivity (Wildman–Crippen MR) is 71.3 cm³/mol. The minimum atomic E-state index is 0.127. The second kappa shape index (κ2) is 5.96. The van der Waals surface area contributed by atoms with Gasteiger partial charge in [-0.05, 0) is 50.8 Å². The van der Waals surface area contributed by atoms with Gasteiger partial charge >= 0.3 is 0 Å². The first kappa shape index (κ1) is 13.0. The van der Waals surface area contributed by atoms with E-state index in [1.54, 1.807) is 12.3 Å². The lowest BCUT2D eigenvalue weighted by molar-refractivity contribution is 0.0669. The van der Waals surface area contributed by atoms with Crippen LogP contribution in [0.15, 0.2) is 18.3 Å². The first-order chi connectivity index (χ1) is 8.70. The number of hydrogen-bond acceptors (Lipinski definition) is 3. The Morgan fingerprint density at radius 3 is 3.17 bits per heavy atom. The molecule has 0 spiro atoms. The number of aryl methyl sites for hydroxylation is 1. The molecule has 1 aliphatic rings. The minimum Gasteiger partial charge on any atom is -0.338 e. The molecule has 1 atom stereocenters. The number of likely N-dealkylation sites (tertiary alicyclic amines) is 1. The summed E-state index contributed by atoms with van der Waals surface area (Å²) in [6, 6.07) is 3.65. The summed E-state index contributed by atoms with van der Waals surface area (Å²) >= 11 is 0. The van der Waals surface area contributed by atoms with Crippen molar-refractivity contribution in [3.63, 3.8) is 0 Å². The number of nitrogens with zero attached hydrogens (tertiary/aromatic N) is 2. The van der Waals surface area contributed by atoms with E-state index in [0.717, 1.165) is 37.2 Å². The van der Waals surface area contributed by atoms with Gasteiger partial charge in [0.05, 0.1) is 0 Å². The lowest BCUT2D eigenvalue weighted by Gasteiger charge is -2.32. The first-order valence-electron chi connectivity index (χ1n) is 6.62. The Labute approximate surface area is 108 Å². The quantitative estimate of drug-likeness (QED) is 0.882. The second-order valence-corrected chi connectivity index (χ2v) is 5.02. The zero-order chi connectivity index (χ0) is 13.0. The minimum absolute atomic E-state index is 0.127. The molecule has 1 amide bonds. The Kier molecular flexibility index (Phi) is 4.31. The van der Waals surface area contributed by atoms with Crippen LogP contribution in [-0.4, -0.2) is 35.4 Å². The number of carbonyl (C=O) groups excluding carboxylic acids is 1. The van der Waals surface area contributed by atoms with E-state index in [4.69, 9.17) is 5.73 Å². The standard InChI is InChI=1S/C14H21N3O/c1-11-9-13(5-7-16-11)14(18)17-8-2-3-12(10-17)4-6-15/h5,7,9,12H,2-4,6,8,10,15H2,1H3. The van der Waals surface area contributed by atoms with Gasteiger partial charge in [-0.1, -0.05) is 0 Å². The fourth-order valence-electron chi connectivity index (χ4n) is 2.58. The van der Waals surface area contributed by atoms with Crippen LogP contribution in [0.25, 0.3) is 0 Å². The molecule has 2 rings (SSSR count). The van der Waals surface area contributed by atoms with Gasteiger partial charge in [-0.3, -0.25) is 9.78 Å². The predicted octanol–water partition coefficient (Wildman–Crippen LogP) is 1.59. The molecule has 1 saturated heterocycles. The smallest absolute Gasteiger partial charge is 0.253 e. The summed E-state index contributed by atoms with van der Waals surface area (Å²) in [4.78, 5) is 18.5. The van der Waals surface area contributed by atoms with Gasteiger partial charge in [-0.2, -0.15) is 0 Å². The maximum atomic E-state index is 12.4. The van der Waals surface area contributed by atoms with E-state index >= 15 is 0 Å². The van der Waals surface area contributed by atoms with Crippen LogP contribution in [0.1, 0.15) is 35.3 Å². The molecule has 4 heteroatoms. The van der Waals surface area contributed by atoms with Crippen LogP contribution in [0.5, 0.6) is 0 Å². The van der Waals surface area contributed by atoms with E-state index < -0.39 is 0 Å². The number of nitrogens with two attached hydrogens (primary N) is 1. The molecule has 0 bridgehead atoms. The Bertz CT molecular complexity index is 417. The molecule has 98 valence electrons. The maximum absolute atomic E-state index is 12.4. The van der Waals surface area contributed by atoms with Gasteiger partial charge in [-0.25, -0.2) is 0 Å². The van der Waals surface area contributed by atoms with Crippen molar-refractivity contribution >= 4 is 5.91 Å². The lowest BCUT2D eigenvalue weighted by atomic mass is 9.94. The number of amides is 1. The third-order valence-corrected chi connectivity index (χ3v) is 3.52. The number of rotatable bonds is 3. The molecule has 0 aliphatic carbocycles. The Morgan fingerprint density at radius 2 is 2.44 bits per heavy atom. The van der Waals surface area contributed by atoms with Crippen LogP contribution in [0.2, 0.25) is 0 Å². The van der Waals surface area contributed by atoms with Gasteiger partial charge in [0.2, 0.25) is 0 Å². The van der Waals surface area contributed by atoms with Crippen molar-refractivity contribution in [3.05, 3.63) is 29.6 Å². The van der Waals surface area contributed by atoms with Crippen LogP contribution in [0.3, 0.4) is 0 Å². The fraction of sp³-hybridized carbons (Fsp3) is 0.571. The zero-order valence-corrected chi connectivity index (χ0v) is 10.9. The lowest BCUT2D eigenvalue weighted by Crippen LogP contribution is -2.40. The highest BCUT2D eigenvalue weighted by Crippen LogP contribution is 2.20. The molecule has 0 saturated carbocycles. The van der Waals surface area contributed by atoms with Crippen LogP contribution in [0, 0.1) is 12.8 Å². The SMILES string of the molecule is Cc1cc(C(=O)N2CCCC(CCN)C2)ccn1. The molecule has 0 aromatic carbocycles. The van der Waals surface area contributed by atoms with Crippen molar-refractivity contribution in [2.24, 2.45) is 11.7 Å². The van der Waals surface area contributed by atoms with Crippen molar-refractivity contribution < 1.29 is 4.79 Å². The Morgan fingerprint density at radius 1 is 1.61 bits per heavy atom. The van der Waals surface area contributed by atoms with Crippen LogP contribution < -0.4 is 5.73 Å². The molecule has 2 N–H and O–H groups in total. The van der Waals surface area contributed by atoms with E-state index in [1.807, 2.05) is 17.9 Å². The molecular formula is C14H21N3O. The fourth-order valence-corrected chi connectivity index (χ4v) is 2.58. The highest BCUT2D eigenvalue weighted by Gasteiger charge is 2.23. The molecule has 1 aromatic rings. The summed E-state index contributed by atoms with van der Waals surface area (Å²) in [5, 5.41) is 0. The third kappa shape index (κ3) is 3.07. The third-order valence-electron chi connectivity index (χ3n) is 3.52. The van der Waals surface area contributed by atoms with E-state index in [1.165, 1.54) is 6.42 Å². The summed E-state index contributed by atoms with van der Waals surface area (Å²) in [6.45, 7) is 4.32. The second-order valence-electron chi connectivity index (χ2n) is 5.02. The van der Waals surface area contributed by atoms with Gasteiger partial charge in [0.25, 0.3) is 5.91 Å². The summed E-state index contributed by atoms with van der Waals surface area (Å²) in [6.07, 6.45) is 4.99.